The Hall–Kier alpha value is -4.78. The van der Waals surface area contributed by atoms with Crippen molar-refractivity contribution in [3.05, 3.63) is 114 Å². The average Bonchev–Trinajstić information content (AvgIpc) is 2.98. The third-order valence-corrected chi connectivity index (χ3v) is 6.37. The van der Waals surface area contributed by atoms with Gasteiger partial charge in [0.25, 0.3) is 0 Å². The molecule has 0 spiro atoms. The molecule has 3 aromatic carbocycles. The predicted molar refractivity (Wildman–Crippen MR) is 155 cm³/mol. The number of nitrogens with one attached hydrogen (secondary N) is 2. The molecule has 0 bridgehead atoms. The van der Waals surface area contributed by atoms with E-state index in [0.29, 0.717) is 30.2 Å². The molecule has 0 aliphatic heterocycles. The Morgan fingerprint density at radius 2 is 1.82 bits per heavy atom. The van der Waals surface area contributed by atoms with Gasteiger partial charge in [-0.15, -0.1) is 0 Å². The molecular formula is C32H30FN5O. The van der Waals surface area contributed by atoms with Crippen LogP contribution in [0.15, 0.2) is 97.3 Å². The minimum atomic E-state index is -0.183. The fourth-order valence-electron chi connectivity index (χ4n) is 4.42. The summed E-state index contributed by atoms with van der Waals surface area (Å²) < 4.78 is 19.6. The van der Waals surface area contributed by atoms with E-state index < -0.39 is 0 Å². The molecule has 0 aliphatic carbocycles. The van der Waals surface area contributed by atoms with Gasteiger partial charge in [0.2, 0.25) is 0 Å². The van der Waals surface area contributed by atoms with E-state index in [2.05, 4.69) is 34.7 Å². The van der Waals surface area contributed by atoms with Crippen molar-refractivity contribution >= 4 is 28.1 Å². The number of allylic oxidation sites excluding steroid dienone is 1. The van der Waals surface area contributed by atoms with E-state index in [1.165, 1.54) is 6.07 Å². The summed E-state index contributed by atoms with van der Waals surface area (Å²) in [5, 5.41) is 7.93. The summed E-state index contributed by atoms with van der Waals surface area (Å²) in [5.41, 5.74) is 5.16. The Morgan fingerprint density at radius 3 is 2.62 bits per heavy atom. The smallest absolute Gasteiger partial charge is 0.163 e. The van der Waals surface area contributed by atoms with Gasteiger partial charge in [-0.3, -0.25) is 4.98 Å². The monoisotopic (exact) mass is 519 g/mol. The maximum Gasteiger partial charge on any atom is 0.163 e. The molecule has 5 rings (SSSR count). The van der Waals surface area contributed by atoms with Crippen LogP contribution in [0.1, 0.15) is 24.5 Å². The number of nitrogens with zero attached hydrogens (tertiary/aromatic N) is 3. The van der Waals surface area contributed by atoms with Gasteiger partial charge in [0, 0.05) is 46.8 Å². The molecule has 5 aromatic rings. The number of para-hydroxylation sites is 1. The van der Waals surface area contributed by atoms with E-state index in [-0.39, 0.29) is 5.82 Å². The van der Waals surface area contributed by atoms with Crippen LogP contribution in [0.3, 0.4) is 0 Å². The average molecular weight is 520 g/mol. The van der Waals surface area contributed by atoms with Gasteiger partial charge in [-0.25, -0.2) is 14.4 Å². The summed E-state index contributed by atoms with van der Waals surface area (Å²) >= 11 is 0. The number of benzene rings is 3. The number of halogens is 1. The Balaban J connectivity index is 1.50. The van der Waals surface area contributed by atoms with Crippen molar-refractivity contribution in [3.63, 3.8) is 0 Å². The molecule has 6 nitrogen and oxygen atoms in total. The topological polar surface area (TPSA) is 72.0 Å². The minimum absolute atomic E-state index is 0.183. The van der Waals surface area contributed by atoms with Crippen molar-refractivity contribution in [1.29, 1.82) is 0 Å². The number of hydrogen-bond donors (Lipinski definition) is 2. The Morgan fingerprint density at radius 1 is 0.974 bits per heavy atom. The zero-order chi connectivity index (χ0) is 27.0. The molecule has 0 atom stereocenters. The first-order valence-corrected chi connectivity index (χ1v) is 13.0. The minimum Gasteiger partial charge on any atom is -0.497 e. The number of rotatable bonds is 10. The Labute approximate surface area is 227 Å². The number of ether oxygens (including phenoxy) is 1. The molecule has 196 valence electrons. The van der Waals surface area contributed by atoms with Gasteiger partial charge in [0.15, 0.2) is 5.82 Å². The predicted octanol–water partition coefficient (Wildman–Crippen LogP) is 7.17. The molecule has 2 N–H and O–H groups in total. The Bertz CT molecular complexity index is 1600. The fraction of sp³-hybridized carbons (Fsp3) is 0.156. The van der Waals surface area contributed by atoms with Gasteiger partial charge in [0.1, 0.15) is 17.4 Å². The summed E-state index contributed by atoms with van der Waals surface area (Å²) in [6, 6.07) is 24.5. The van der Waals surface area contributed by atoms with Gasteiger partial charge in [-0.05, 0) is 60.9 Å². The zero-order valence-corrected chi connectivity index (χ0v) is 22.0. The van der Waals surface area contributed by atoms with Crippen molar-refractivity contribution in [1.82, 2.24) is 20.3 Å². The van der Waals surface area contributed by atoms with Crippen LogP contribution in [-0.2, 0) is 6.42 Å². The largest absolute Gasteiger partial charge is 0.497 e. The lowest BCUT2D eigenvalue weighted by Crippen LogP contribution is -2.17. The SMILES string of the molecule is CCC=C(NCCc1ccccc1F)c1ccccc1Nc1nc(-c2cccnc2)nc2ccc(OC)cc12. The first kappa shape index (κ1) is 25.9. The molecule has 0 saturated heterocycles. The molecule has 39 heavy (non-hydrogen) atoms. The normalized spacial score (nSPS) is 11.4. The van der Waals surface area contributed by atoms with Gasteiger partial charge in [-0.2, -0.15) is 0 Å². The molecule has 0 aliphatic rings. The number of aromatic nitrogens is 3. The molecule has 2 aromatic heterocycles. The van der Waals surface area contributed by atoms with Crippen LogP contribution in [-0.4, -0.2) is 28.6 Å². The lowest BCUT2D eigenvalue weighted by molar-refractivity contribution is 0.415. The van der Waals surface area contributed by atoms with E-state index in [9.17, 15) is 4.39 Å². The molecule has 0 radical (unpaired) electrons. The van der Waals surface area contributed by atoms with Crippen molar-refractivity contribution < 1.29 is 9.13 Å². The van der Waals surface area contributed by atoms with Crippen LogP contribution < -0.4 is 15.4 Å². The summed E-state index contributed by atoms with van der Waals surface area (Å²) in [7, 11) is 1.64. The van der Waals surface area contributed by atoms with Gasteiger partial charge in [0.05, 0.1) is 12.6 Å². The highest BCUT2D eigenvalue weighted by Gasteiger charge is 2.14. The number of hydrogen-bond acceptors (Lipinski definition) is 6. The highest BCUT2D eigenvalue weighted by molar-refractivity contribution is 5.94. The molecule has 2 heterocycles. The highest BCUT2D eigenvalue weighted by Crippen LogP contribution is 2.32. The van der Waals surface area contributed by atoms with Crippen molar-refractivity contribution in [2.24, 2.45) is 0 Å². The molecular weight excluding hydrogens is 489 g/mol. The second kappa shape index (κ2) is 12.2. The van der Waals surface area contributed by atoms with Crippen LogP contribution in [0.25, 0.3) is 28.0 Å². The molecule has 0 saturated carbocycles. The van der Waals surface area contributed by atoms with E-state index in [0.717, 1.165) is 45.6 Å². The van der Waals surface area contributed by atoms with E-state index in [4.69, 9.17) is 14.7 Å². The number of fused-ring (bicyclic) bond motifs is 1. The lowest BCUT2D eigenvalue weighted by atomic mass is 10.1. The summed E-state index contributed by atoms with van der Waals surface area (Å²) in [4.78, 5) is 13.9. The number of pyridine rings is 1. The van der Waals surface area contributed by atoms with Crippen molar-refractivity contribution in [2.75, 3.05) is 19.0 Å². The molecule has 7 heteroatoms. The van der Waals surface area contributed by atoms with Crippen LogP contribution in [0.5, 0.6) is 5.75 Å². The van der Waals surface area contributed by atoms with Crippen LogP contribution in [0.2, 0.25) is 0 Å². The van der Waals surface area contributed by atoms with E-state index >= 15 is 0 Å². The molecule has 0 amide bonds. The second-order valence-corrected chi connectivity index (χ2v) is 8.99. The number of methoxy groups -OCH3 is 1. The zero-order valence-electron chi connectivity index (χ0n) is 22.0. The van der Waals surface area contributed by atoms with Crippen LogP contribution in [0, 0.1) is 5.82 Å². The van der Waals surface area contributed by atoms with Crippen molar-refractivity contribution in [3.8, 4) is 17.1 Å². The summed E-state index contributed by atoms with van der Waals surface area (Å²) in [6.07, 6.45) is 7.04. The quantitative estimate of drug-likeness (QED) is 0.204. The van der Waals surface area contributed by atoms with Gasteiger partial charge < -0.3 is 15.4 Å². The summed E-state index contributed by atoms with van der Waals surface area (Å²) in [5.74, 6) is 1.77. The first-order chi connectivity index (χ1) is 19.2. The molecule has 0 fully saturated rings. The van der Waals surface area contributed by atoms with Crippen LogP contribution in [0.4, 0.5) is 15.9 Å². The third-order valence-electron chi connectivity index (χ3n) is 6.37. The molecule has 0 unspecified atom stereocenters. The maximum absolute atomic E-state index is 14.2. The number of anilines is 2. The second-order valence-electron chi connectivity index (χ2n) is 8.99. The van der Waals surface area contributed by atoms with Gasteiger partial charge in [-0.1, -0.05) is 49.4 Å². The lowest BCUT2D eigenvalue weighted by Gasteiger charge is -2.18. The highest BCUT2D eigenvalue weighted by atomic mass is 19.1. The summed E-state index contributed by atoms with van der Waals surface area (Å²) in [6.45, 7) is 2.69. The van der Waals surface area contributed by atoms with E-state index in [1.54, 1.807) is 25.6 Å². The van der Waals surface area contributed by atoms with Gasteiger partial charge >= 0.3 is 0 Å². The maximum atomic E-state index is 14.2. The standard InChI is InChI=1S/C32H30FN5O/c1-3-9-28(35-19-17-22-10-4-6-13-27(22)33)25-12-5-7-14-29(25)37-32-26-20-24(39-2)15-16-30(26)36-31(38-32)23-11-8-18-34-21-23/h4-16,18,20-21,35H,3,17,19H2,1-2H3,(H,36,37,38). The van der Waals surface area contributed by atoms with E-state index in [1.807, 2.05) is 60.7 Å². The fourth-order valence-corrected chi connectivity index (χ4v) is 4.42. The Kier molecular flexibility index (Phi) is 8.07. The third kappa shape index (κ3) is 6.04. The van der Waals surface area contributed by atoms with Crippen molar-refractivity contribution in [2.45, 2.75) is 19.8 Å². The van der Waals surface area contributed by atoms with Crippen LogP contribution >= 0.6 is 0 Å². The first-order valence-electron chi connectivity index (χ1n) is 13.0.